The minimum absolute atomic E-state index is 0.0861. The number of rotatable bonds is 10. The van der Waals surface area contributed by atoms with Crippen LogP contribution in [0.5, 0.6) is 5.75 Å². The van der Waals surface area contributed by atoms with Crippen LogP contribution in [0.15, 0.2) is 58.8 Å². The number of carbonyl (C=O) groups excluding carboxylic acids is 1. The molecule has 36 heavy (non-hydrogen) atoms. The average molecular weight is 548 g/mol. The molecule has 12 heteroatoms. The van der Waals surface area contributed by atoms with Gasteiger partial charge in [0.05, 0.1) is 34.9 Å². The number of nitrogens with one attached hydrogen (secondary N) is 3. The lowest BCUT2D eigenvalue weighted by atomic mass is 10.1. The van der Waals surface area contributed by atoms with Gasteiger partial charge < -0.3 is 15.4 Å². The quantitative estimate of drug-likeness (QED) is 0.278. The van der Waals surface area contributed by atoms with Crippen molar-refractivity contribution in [1.82, 2.24) is 20.4 Å². The molecule has 0 aliphatic carbocycles. The van der Waals surface area contributed by atoms with Crippen LogP contribution in [-0.4, -0.2) is 44.3 Å². The summed E-state index contributed by atoms with van der Waals surface area (Å²) in [5, 5.41) is 11.0. The van der Waals surface area contributed by atoms with Gasteiger partial charge in [-0.2, -0.15) is 5.10 Å². The Morgan fingerprint density at radius 1 is 1.17 bits per heavy atom. The molecule has 0 radical (unpaired) electrons. The lowest BCUT2D eigenvalue weighted by molar-refractivity contribution is -0.122. The summed E-state index contributed by atoms with van der Waals surface area (Å²) in [6.07, 6.45) is 0. The summed E-state index contributed by atoms with van der Waals surface area (Å²) in [4.78, 5) is 12.1. The first-order chi connectivity index (χ1) is 17.2. The van der Waals surface area contributed by atoms with Gasteiger partial charge in [0, 0.05) is 6.54 Å². The van der Waals surface area contributed by atoms with Gasteiger partial charge in [-0.1, -0.05) is 41.9 Å². The zero-order valence-electron chi connectivity index (χ0n) is 19.9. The maximum atomic E-state index is 13.0. The molecule has 0 saturated heterocycles. The zero-order valence-corrected chi connectivity index (χ0v) is 22.3. The van der Waals surface area contributed by atoms with E-state index >= 15 is 0 Å². The highest BCUT2D eigenvalue weighted by molar-refractivity contribution is 7.94. The van der Waals surface area contributed by atoms with Crippen molar-refractivity contribution in [2.45, 2.75) is 30.3 Å². The number of likely N-dealkylation sites (N-methyl/N-ethyl adjacent to an activating group) is 1. The maximum absolute atomic E-state index is 13.0. The van der Waals surface area contributed by atoms with Gasteiger partial charge in [-0.15, -0.1) is 11.3 Å². The molecule has 0 aliphatic rings. The Hall–Kier alpha value is -3.12. The summed E-state index contributed by atoms with van der Waals surface area (Å²) in [5.74, 6) is 0.573. The Labute approximate surface area is 218 Å². The molecule has 0 spiro atoms. The van der Waals surface area contributed by atoms with Crippen LogP contribution in [0.4, 0.5) is 5.82 Å². The molecule has 1 atom stereocenters. The summed E-state index contributed by atoms with van der Waals surface area (Å²) in [6.45, 7) is 2.56. The minimum atomic E-state index is -3.89. The number of hydrogen-bond acceptors (Lipinski definition) is 7. The Bertz CT molecular complexity index is 1500. The lowest BCUT2D eigenvalue weighted by Crippen LogP contribution is -2.39. The largest absolute Gasteiger partial charge is 0.496 e. The van der Waals surface area contributed by atoms with Gasteiger partial charge in [-0.25, -0.2) is 8.42 Å². The van der Waals surface area contributed by atoms with E-state index in [0.29, 0.717) is 34.1 Å². The Kier molecular flexibility index (Phi) is 7.84. The van der Waals surface area contributed by atoms with Gasteiger partial charge in [0.15, 0.2) is 5.82 Å². The number of amides is 1. The zero-order chi connectivity index (χ0) is 25.9. The van der Waals surface area contributed by atoms with Crippen LogP contribution >= 0.6 is 22.9 Å². The molecule has 0 saturated carbocycles. The van der Waals surface area contributed by atoms with Crippen molar-refractivity contribution in [3.63, 3.8) is 0 Å². The average Bonchev–Trinajstić information content (AvgIpc) is 3.46. The smallest absolute Gasteiger partial charge is 0.272 e. The molecular formula is C24H26ClN5O4S2. The molecule has 0 aliphatic heterocycles. The molecule has 190 valence electrons. The van der Waals surface area contributed by atoms with Crippen molar-refractivity contribution in [3.05, 3.63) is 70.1 Å². The van der Waals surface area contributed by atoms with Crippen LogP contribution in [0, 0.1) is 0 Å². The predicted octanol–water partition coefficient (Wildman–Crippen LogP) is 3.83. The first kappa shape index (κ1) is 26.0. The number of methoxy groups -OCH3 is 1. The van der Waals surface area contributed by atoms with Crippen molar-refractivity contribution < 1.29 is 17.9 Å². The number of anilines is 1. The molecule has 0 fully saturated rings. The Morgan fingerprint density at radius 3 is 2.61 bits per heavy atom. The second-order valence-corrected chi connectivity index (χ2v) is 11.7. The highest BCUT2D eigenvalue weighted by Gasteiger charge is 2.23. The van der Waals surface area contributed by atoms with Crippen molar-refractivity contribution >= 4 is 55.6 Å². The number of thiophene rings is 1. The van der Waals surface area contributed by atoms with Crippen molar-refractivity contribution in [2.24, 2.45) is 0 Å². The fourth-order valence-corrected chi connectivity index (χ4v) is 6.16. The monoisotopic (exact) mass is 547 g/mol. The minimum Gasteiger partial charge on any atom is -0.496 e. The standard InChI is InChI=1S/C24H26ClN5O4S2/c1-15(26-2)24(31)27-13-16-6-4-7-17(12-16)14-30-18-8-5-9-19(34-3)22(18)23(28-30)29-36(32,33)21-11-10-20(25)35-21/h4-12,15,26H,13-14H2,1-3H3,(H,27,31)(H,28,29). The summed E-state index contributed by atoms with van der Waals surface area (Å²) in [6, 6.07) is 15.9. The fraction of sp³-hybridized carbons (Fsp3) is 0.250. The summed E-state index contributed by atoms with van der Waals surface area (Å²) < 4.78 is 36.2. The van der Waals surface area contributed by atoms with Gasteiger partial charge >= 0.3 is 0 Å². The molecule has 4 aromatic rings. The number of carbonyl (C=O) groups is 1. The normalized spacial score (nSPS) is 12.4. The molecule has 1 unspecified atom stereocenters. The molecule has 2 aromatic carbocycles. The lowest BCUT2D eigenvalue weighted by Gasteiger charge is -2.12. The molecule has 9 nitrogen and oxygen atoms in total. The van der Waals surface area contributed by atoms with E-state index in [1.54, 1.807) is 24.7 Å². The number of hydrogen-bond donors (Lipinski definition) is 3. The van der Waals surface area contributed by atoms with Crippen LogP contribution in [0.1, 0.15) is 18.1 Å². The maximum Gasteiger partial charge on any atom is 0.272 e. The highest BCUT2D eigenvalue weighted by Crippen LogP contribution is 2.35. The van der Waals surface area contributed by atoms with Crippen molar-refractivity contribution in [2.75, 3.05) is 18.9 Å². The molecule has 0 bridgehead atoms. The number of halogens is 1. The number of fused-ring (bicyclic) bond motifs is 1. The van der Waals surface area contributed by atoms with Gasteiger partial charge in [0.1, 0.15) is 9.96 Å². The van der Waals surface area contributed by atoms with E-state index in [-0.39, 0.29) is 22.0 Å². The third kappa shape index (κ3) is 5.65. The number of aromatic nitrogens is 2. The van der Waals surface area contributed by atoms with Crippen LogP contribution in [0.2, 0.25) is 4.34 Å². The molecule has 3 N–H and O–H groups in total. The van der Waals surface area contributed by atoms with Gasteiger partial charge in [0.25, 0.3) is 10.0 Å². The van der Waals surface area contributed by atoms with E-state index in [9.17, 15) is 13.2 Å². The highest BCUT2D eigenvalue weighted by atomic mass is 35.5. The number of nitrogens with zero attached hydrogens (tertiary/aromatic N) is 2. The summed E-state index contributed by atoms with van der Waals surface area (Å²) >= 11 is 6.91. The number of ether oxygens (including phenoxy) is 1. The molecule has 2 aromatic heterocycles. The summed E-state index contributed by atoms with van der Waals surface area (Å²) in [5.41, 5.74) is 2.58. The molecule has 2 heterocycles. The third-order valence-electron chi connectivity index (χ3n) is 5.62. The second-order valence-electron chi connectivity index (χ2n) is 8.07. The van der Waals surface area contributed by atoms with E-state index in [1.807, 2.05) is 36.4 Å². The van der Waals surface area contributed by atoms with Crippen molar-refractivity contribution in [3.8, 4) is 5.75 Å². The van der Waals surface area contributed by atoms with E-state index in [1.165, 1.54) is 19.2 Å². The van der Waals surface area contributed by atoms with Crippen LogP contribution in [0.25, 0.3) is 10.9 Å². The molecule has 4 rings (SSSR count). The van der Waals surface area contributed by atoms with Crippen LogP contribution in [0.3, 0.4) is 0 Å². The van der Waals surface area contributed by atoms with Crippen LogP contribution < -0.4 is 20.1 Å². The Balaban J connectivity index is 1.64. The first-order valence-corrected chi connectivity index (χ1v) is 13.7. The number of benzene rings is 2. The molecule has 1 amide bonds. The van der Waals surface area contributed by atoms with E-state index in [4.69, 9.17) is 16.3 Å². The van der Waals surface area contributed by atoms with E-state index in [0.717, 1.165) is 22.5 Å². The van der Waals surface area contributed by atoms with Crippen LogP contribution in [-0.2, 0) is 27.9 Å². The van der Waals surface area contributed by atoms with Gasteiger partial charge in [-0.05, 0) is 49.4 Å². The van der Waals surface area contributed by atoms with Gasteiger partial charge in [0.2, 0.25) is 5.91 Å². The summed E-state index contributed by atoms with van der Waals surface area (Å²) in [7, 11) is -0.634. The third-order valence-corrected chi connectivity index (χ3v) is 8.68. The Morgan fingerprint density at radius 2 is 1.92 bits per heavy atom. The van der Waals surface area contributed by atoms with E-state index in [2.05, 4.69) is 20.5 Å². The van der Waals surface area contributed by atoms with Crippen molar-refractivity contribution in [1.29, 1.82) is 0 Å². The number of sulfonamides is 1. The second kappa shape index (κ2) is 10.9. The molecular weight excluding hydrogens is 522 g/mol. The van der Waals surface area contributed by atoms with Gasteiger partial charge in [-0.3, -0.25) is 14.2 Å². The topological polar surface area (TPSA) is 114 Å². The predicted molar refractivity (Wildman–Crippen MR) is 142 cm³/mol. The fourth-order valence-electron chi connectivity index (χ4n) is 3.66. The van der Waals surface area contributed by atoms with E-state index < -0.39 is 10.0 Å². The first-order valence-electron chi connectivity index (χ1n) is 11.1. The SMILES string of the molecule is CNC(C)C(=O)NCc1cccc(Cn2nc(NS(=O)(=O)c3ccc(Cl)s3)c3c(OC)cccc32)c1.